The monoisotopic (exact) mass is 382 g/mol. The van der Waals surface area contributed by atoms with Crippen molar-refractivity contribution in [2.24, 2.45) is 17.8 Å². The second kappa shape index (κ2) is 6.78. The SMILES string of the molecule is Cc1nc2cc(C(=O)NC3C4CC5CC3CN(C5)C4)ccc2[nH]1.Cl.Cl. The third kappa shape index (κ3) is 3.14. The Morgan fingerprint density at radius 3 is 2.60 bits per heavy atom. The van der Waals surface area contributed by atoms with Crippen molar-refractivity contribution < 1.29 is 4.79 Å². The van der Waals surface area contributed by atoms with Crippen LogP contribution in [-0.4, -0.2) is 46.5 Å². The fourth-order valence-electron chi connectivity index (χ4n) is 5.15. The quantitative estimate of drug-likeness (QED) is 0.839. The molecule has 3 saturated heterocycles. The van der Waals surface area contributed by atoms with Gasteiger partial charge in [-0.1, -0.05) is 0 Å². The Morgan fingerprint density at radius 1 is 1.20 bits per heavy atom. The maximum absolute atomic E-state index is 12.7. The highest BCUT2D eigenvalue weighted by atomic mass is 35.5. The molecule has 5 nitrogen and oxygen atoms in total. The number of halogens is 2. The van der Waals surface area contributed by atoms with E-state index in [4.69, 9.17) is 0 Å². The number of hydrogen-bond donors (Lipinski definition) is 2. The summed E-state index contributed by atoms with van der Waals surface area (Å²) in [6.45, 7) is 5.54. The number of nitrogens with one attached hydrogen (secondary N) is 2. The molecule has 4 heterocycles. The fraction of sp³-hybridized carbons (Fsp3) is 0.556. The number of carbonyl (C=O) groups excluding carboxylic acids is 1. The maximum atomic E-state index is 12.7. The van der Waals surface area contributed by atoms with E-state index in [-0.39, 0.29) is 30.7 Å². The number of aryl methyl sites for hydroxylation is 1. The molecule has 0 spiro atoms. The van der Waals surface area contributed by atoms with E-state index in [0.29, 0.717) is 17.9 Å². The van der Waals surface area contributed by atoms with Gasteiger partial charge in [-0.15, -0.1) is 24.8 Å². The predicted octanol–water partition coefficient (Wildman–Crippen LogP) is 2.78. The van der Waals surface area contributed by atoms with Gasteiger partial charge in [0.15, 0.2) is 0 Å². The number of piperidine rings is 3. The summed E-state index contributed by atoms with van der Waals surface area (Å²) in [5.41, 5.74) is 2.57. The van der Waals surface area contributed by atoms with Crippen molar-refractivity contribution in [2.45, 2.75) is 25.8 Å². The van der Waals surface area contributed by atoms with Gasteiger partial charge in [-0.3, -0.25) is 4.79 Å². The molecule has 25 heavy (non-hydrogen) atoms. The van der Waals surface area contributed by atoms with Gasteiger partial charge in [-0.2, -0.15) is 0 Å². The van der Waals surface area contributed by atoms with Crippen LogP contribution in [0, 0.1) is 24.7 Å². The Hall–Kier alpha value is -1.30. The molecule has 4 bridgehead atoms. The maximum Gasteiger partial charge on any atom is 0.251 e. The first-order valence-corrected chi connectivity index (χ1v) is 8.65. The number of fused-ring (bicyclic) bond motifs is 1. The predicted molar refractivity (Wildman–Crippen MR) is 103 cm³/mol. The van der Waals surface area contributed by atoms with Crippen molar-refractivity contribution in [3.05, 3.63) is 29.6 Å². The van der Waals surface area contributed by atoms with Gasteiger partial charge in [0.05, 0.1) is 11.0 Å². The number of benzene rings is 1. The molecule has 136 valence electrons. The molecule has 2 atom stereocenters. The number of nitrogens with zero attached hydrogens (tertiary/aromatic N) is 2. The van der Waals surface area contributed by atoms with Gasteiger partial charge in [0, 0.05) is 31.2 Å². The Morgan fingerprint density at radius 2 is 1.92 bits per heavy atom. The van der Waals surface area contributed by atoms with Crippen LogP contribution < -0.4 is 5.32 Å². The highest BCUT2D eigenvalue weighted by Crippen LogP contribution is 2.43. The first-order chi connectivity index (χ1) is 11.2. The molecule has 1 aromatic carbocycles. The molecule has 1 aromatic heterocycles. The number of aromatic amines is 1. The normalized spacial score (nSPS) is 32.1. The summed E-state index contributed by atoms with van der Waals surface area (Å²) in [5.74, 6) is 3.08. The van der Waals surface area contributed by atoms with E-state index in [1.165, 1.54) is 19.4 Å². The topological polar surface area (TPSA) is 61.0 Å². The molecule has 4 fully saturated rings. The standard InChI is InChI=1S/C18H22N4O.2ClH/c1-10-19-15-3-2-12(6-16(15)20-10)18(23)21-17-13-4-11-5-14(17)9-22(7-11)8-13;;/h2-3,6,11,13-14,17H,4-5,7-9H2,1H3,(H,19,20)(H,21,23);2*1H. The first kappa shape index (κ1) is 18.5. The third-order valence-corrected chi connectivity index (χ3v) is 5.95. The first-order valence-electron chi connectivity index (χ1n) is 8.65. The Balaban J connectivity index is 0.000000911. The summed E-state index contributed by atoms with van der Waals surface area (Å²) in [6.07, 6.45) is 2.57. The van der Waals surface area contributed by atoms with Crippen LogP contribution in [0.4, 0.5) is 0 Å². The number of H-pyrrole nitrogens is 1. The molecule has 4 aliphatic rings. The van der Waals surface area contributed by atoms with Crippen molar-refractivity contribution in [3.63, 3.8) is 0 Å². The van der Waals surface area contributed by atoms with Gasteiger partial charge in [0.2, 0.25) is 0 Å². The Labute approximate surface area is 159 Å². The summed E-state index contributed by atoms with van der Waals surface area (Å²) < 4.78 is 0. The van der Waals surface area contributed by atoms with Crippen molar-refractivity contribution in [1.82, 2.24) is 20.2 Å². The van der Waals surface area contributed by atoms with Crippen molar-refractivity contribution in [2.75, 3.05) is 19.6 Å². The number of aromatic nitrogens is 2. The lowest BCUT2D eigenvalue weighted by Gasteiger charge is -2.55. The highest BCUT2D eigenvalue weighted by molar-refractivity contribution is 5.97. The van der Waals surface area contributed by atoms with Gasteiger partial charge in [0.25, 0.3) is 5.91 Å². The average molecular weight is 383 g/mol. The van der Waals surface area contributed by atoms with Gasteiger partial charge in [-0.05, 0) is 55.7 Å². The van der Waals surface area contributed by atoms with Crippen LogP contribution in [0.1, 0.15) is 29.0 Å². The van der Waals surface area contributed by atoms with E-state index in [9.17, 15) is 4.79 Å². The van der Waals surface area contributed by atoms with Gasteiger partial charge < -0.3 is 15.2 Å². The molecule has 2 N–H and O–H groups in total. The summed E-state index contributed by atoms with van der Waals surface area (Å²) in [5, 5.41) is 3.35. The highest BCUT2D eigenvalue weighted by Gasteiger charge is 2.47. The number of rotatable bonds is 2. The zero-order valence-electron chi connectivity index (χ0n) is 14.2. The summed E-state index contributed by atoms with van der Waals surface area (Å²) in [7, 11) is 0. The number of amides is 1. The molecule has 1 saturated carbocycles. The van der Waals surface area contributed by atoms with Crippen LogP contribution in [0.15, 0.2) is 18.2 Å². The fourth-order valence-corrected chi connectivity index (χ4v) is 5.15. The van der Waals surface area contributed by atoms with Crippen molar-refractivity contribution in [3.8, 4) is 0 Å². The zero-order chi connectivity index (χ0) is 15.6. The smallest absolute Gasteiger partial charge is 0.251 e. The number of imidazole rings is 1. The summed E-state index contributed by atoms with van der Waals surface area (Å²) in [6, 6.07) is 6.10. The molecule has 6 rings (SSSR count). The molecule has 2 aromatic rings. The van der Waals surface area contributed by atoms with Gasteiger partial charge >= 0.3 is 0 Å². The number of carbonyl (C=O) groups is 1. The number of hydrogen-bond acceptors (Lipinski definition) is 3. The Kier molecular flexibility index (Phi) is 5.02. The minimum Gasteiger partial charge on any atom is -0.349 e. The van der Waals surface area contributed by atoms with E-state index in [1.807, 2.05) is 25.1 Å². The second-order valence-corrected chi connectivity index (χ2v) is 7.63. The second-order valence-electron chi connectivity index (χ2n) is 7.63. The molecular formula is C18H24Cl2N4O. The van der Waals surface area contributed by atoms with E-state index in [1.54, 1.807) is 0 Å². The lowest BCUT2D eigenvalue weighted by atomic mass is 9.65. The molecule has 1 amide bonds. The molecule has 7 heteroatoms. The zero-order valence-corrected chi connectivity index (χ0v) is 15.8. The third-order valence-electron chi connectivity index (χ3n) is 5.95. The van der Waals surface area contributed by atoms with Crippen molar-refractivity contribution in [1.29, 1.82) is 0 Å². The minimum absolute atomic E-state index is 0. The van der Waals surface area contributed by atoms with Crippen LogP contribution in [0.25, 0.3) is 11.0 Å². The van der Waals surface area contributed by atoms with E-state index in [2.05, 4.69) is 20.2 Å². The van der Waals surface area contributed by atoms with Gasteiger partial charge in [0.1, 0.15) is 5.82 Å². The van der Waals surface area contributed by atoms with Crippen LogP contribution in [-0.2, 0) is 0 Å². The van der Waals surface area contributed by atoms with Crippen LogP contribution >= 0.6 is 24.8 Å². The lowest BCUT2D eigenvalue weighted by molar-refractivity contribution is -0.0418. The molecular weight excluding hydrogens is 359 g/mol. The molecule has 3 aliphatic heterocycles. The molecule has 0 radical (unpaired) electrons. The van der Waals surface area contributed by atoms with E-state index >= 15 is 0 Å². The van der Waals surface area contributed by atoms with Crippen LogP contribution in [0.5, 0.6) is 0 Å². The molecule has 1 aliphatic carbocycles. The van der Waals surface area contributed by atoms with Gasteiger partial charge in [-0.25, -0.2) is 4.98 Å². The average Bonchev–Trinajstić information content (AvgIpc) is 2.89. The summed E-state index contributed by atoms with van der Waals surface area (Å²) >= 11 is 0. The minimum atomic E-state index is 0. The van der Waals surface area contributed by atoms with E-state index in [0.717, 1.165) is 41.4 Å². The van der Waals surface area contributed by atoms with Crippen LogP contribution in [0.2, 0.25) is 0 Å². The van der Waals surface area contributed by atoms with Crippen LogP contribution in [0.3, 0.4) is 0 Å². The summed E-state index contributed by atoms with van der Waals surface area (Å²) in [4.78, 5) is 22.9. The van der Waals surface area contributed by atoms with E-state index < -0.39 is 0 Å². The lowest BCUT2D eigenvalue weighted by Crippen LogP contribution is -2.64. The molecule has 2 unspecified atom stereocenters. The van der Waals surface area contributed by atoms with Crippen molar-refractivity contribution >= 4 is 41.8 Å². The Bertz CT molecular complexity index is 762. The largest absolute Gasteiger partial charge is 0.349 e.